The van der Waals surface area contributed by atoms with Crippen molar-refractivity contribution >= 4 is 5.91 Å². The molecule has 1 unspecified atom stereocenters. The lowest BCUT2D eigenvalue weighted by molar-refractivity contribution is -0.117. The molecule has 2 saturated heterocycles. The molecule has 0 saturated carbocycles. The normalized spacial score (nSPS) is 23.0. The van der Waals surface area contributed by atoms with E-state index in [0.717, 1.165) is 52.2 Å². The fourth-order valence-electron chi connectivity index (χ4n) is 2.60. The van der Waals surface area contributed by atoms with Gasteiger partial charge in [0.05, 0.1) is 6.10 Å². The summed E-state index contributed by atoms with van der Waals surface area (Å²) < 4.78 is 5.48. The summed E-state index contributed by atoms with van der Waals surface area (Å²) >= 11 is 0. The zero-order chi connectivity index (χ0) is 15.6. The lowest BCUT2D eigenvalue weighted by Crippen LogP contribution is -2.46. The first kappa shape index (κ1) is 16.7. The predicted octanol–water partition coefficient (Wildman–Crippen LogP) is -0.816. The third kappa shape index (κ3) is 5.64. The molecule has 3 N–H and O–H groups in total. The molecule has 1 atom stereocenters. The number of ether oxygens (including phenoxy) is 1. The van der Waals surface area contributed by atoms with Gasteiger partial charge in [0.2, 0.25) is 0 Å². The van der Waals surface area contributed by atoms with Crippen LogP contribution in [0.5, 0.6) is 0 Å². The molecule has 2 fully saturated rings. The molecule has 1 amide bonds. The van der Waals surface area contributed by atoms with E-state index >= 15 is 0 Å². The van der Waals surface area contributed by atoms with E-state index in [4.69, 9.17) is 10.00 Å². The Hall–Kier alpha value is -1.62. The van der Waals surface area contributed by atoms with Gasteiger partial charge in [0.1, 0.15) is 11.6 Å². The summed E-state index contributed by atoms with van der Waals surface area (Å²) in [5, 5.41) is 18.2. The second kappa shape index (κ2) is 9.41. The van der Waals surface area contributed by atoms with Gasteiger partial charge in [0, 0.05) is 58.6 Å². The molecule has 0 aromatic carbocycles. The van der Waals surface area contributed by atoms with Gasteiger partial charge in [-0.25, -0.2) is 0 Å². The molecule has 2 heterocycles. The SMILES string of the molecule is N#C/C(=C/NCC1CCCO1)C(=O)NCCN1CCNCC1. The number of rotatable bonds is 7. The fourth-order valence-corrected chi connectivity index (χ4v) is 2.60. The number of nitriles is 1. The number of amides is 1. The Balaban J connectivity index is 1.65. The molecule has 7 nitrogen and oxygen atoms in total. The molecule has 7 heteroatoms. The predicted molar refractivity (Wildman–Crippen MR) is 83.0 cm³/mol. The summed E-state index contributed by atoms with van der Waals surface area (Å²) in [7, 11) is 0. The van der Waals surface area contributed by atoms with Crippen LogP contribution in [0.2, 0.25) is 0 Å². The molecule has 2 aliphatic heterocycles. The van der Waals surface area contributed by atoms with E-state index in [9.17, 15) is 4.79 Å². The van der Waals surface area contributed by atoms with E-state index in [-0.39, 0.29) is 17.6 Å². The molecule has 122 valence electrons. The second-order valence-electron chi connectivity index (χ2n) is 5.56. The Labute approximate surface area is 131 Å². The van der Waals surface area contributed by atoms with Crippen LogP contribution in [-0.2, 0) is 9.53 Å². The van der Waals surface area contributed by atoms with Crippen LogP contribution in [-0.4, -0.2) is 69.3 Å². The summed E-state index contributed by atoms with van der Waals surface area (Å²) in [5.41, 5.74) is 0.110. The highest BCUT2D eigenvalue weighted by Gasteiger charge is 2.15. The van der Waals surface area contributed by atoms with Crippen molar-refractivity contribution in [1.29, 1.82) is 5.26 Å². The van der Waals surface area contributed by atoms with Gasteiger partial charge in [0.15, 0.2) is 0 Å². The van der Waals surface area contributed by atoms with E-state index in [0.29, 0.717) is 13.1 Å². The summed E-state index contributed by atoms with van der Waals surface area (Å²) in [5.74, 6) is -0.322. The van der Waals surface area contributed by atoms with Crippen molar-refractivity contribution in [2.45, 2.75) is 18.9 Å². The van der Waals surface area contributed by atoms with Crippen LogP contribution in [0.15, 0.2) is 11.8 Å². The minimum Gasteiger partial charge on any atom is -0.387 e. The molecule has 0 bridgehead atoms. The van der Waals surface area contributed by atoms with Gasteiger partial charge >= 0.3 is 0 Å². The van der Waals surface area contributed by atoms with Gasteiger partial charge in [-0.2, -0.15) is 5.26 Å². The summed E-state index contributed by atoms with van der Waals surface area (Å²) in [4.78, 5) is 14.2. The Morgan fingerprint density at radius 3 is 2.95 bits per heavy atom. The van der Waals surface area contributed by atoms with Gasteiger partial charge in [-0.15, -0.1) is 0 Å². The van der Waals surface area contributed by atoms with Crippen LogP contribution in [0.3, 0.4) is 0 Å². The topological polar surface area (TPSA) is 89.4 Å². The largest absolute Gasteiger partial charge is 0.387 e. The molecule has 2 aliphatic rings. The van der Waals surface area contributed by atoms with Crippen molar-refractivity contribution in [3.63, 3.8) is 0 Å². The quantitative estimate of drug-likeness (QED) is 0.421. The van der Waals surface area contributed by atoms with Gasteiger partial charge in [-0.1, -0.05) is 0 Å². The Morgan fingerprint density at radius 2 is 2.27 bits per heavy atom. The third-order valence-corrected chi connectivity index (χ3v) is 3.90. The zero-order valence-corrected chi connectivity index (χ0v) is 12.9. The number of carbonyl (C=O) groups excluding carboxylic acids is 1. The monoisotopic (exact) mass is 307 g/mol. The van der Waals surface area contributed by atoms with E-state index in [2.05, 4.69) is 20.9 Å². The van der Waals surface area contributed by atoms with E-state index in [1.165, 1.54) is 6.20 Å². The van der Waals surface area contributed by atoms with E-state index in [1.807, 2.05) is 6.07 Å². The molecule has 0 aliphatic carbocycles. The molecule has 0 spiro atoms. The molecule has 0 radical (unpaired) electrons. The molecule has 22 heavy (non-hydrogen) atoms. The first-order chi connectivity index (χ1) is 10.8. The maximum Gasteiger partial charge on any atom is 0.263 e. The van der Waals surface area contributed by atoms with Crippen LogP contribution >= 0.6 is 0 Å². The second-order valence-corrected chi connectivity index (χ2v) is 5.56. The van der Waals surface area contributed by atoms with Crippen LogP contribution in [0.1, 0.15) is 12.8 Å². The fraction of sp³-hybridized carbons (Fsp3) is 0.733. The Morgan fingerprint density at radius 1 is 1.45 bits per heavy atom. The van der Waals surface area contributed by atoms with Crippen LogP contribution in [0.25, 0.3) is 0 Å². The van der Waals surface area contributed by atoms with E-state index in [1.54, 1.807) is 0 Å². The average Bonchev–Trinajstić information content (AvgIpc) is 3.06. The average molecular weight is 307 g/mol. The zero-order valence-electron chi connectivity index (χ0n) is 12.9. The molecule has 0 aromatic heterocycles. The number of hydrogen-bond donors (Lipinski definition) is 3. The van der Waals surface area contributed by atoms with Gasteiger partial charge < -0.3 is 20.7 Å². The van der Waals surface area contributed by atoms with Gasteiger partial charge in [0.25, 0.3) is 5.91 Å². The maximum absolute atomic E-state index is 11.9. The molecule has 2 rings (SSSR count). The van der Waals surface area contributed by atoms with Gasteiger partial charge in [-0.05, 0) is 12.8 Å². The minimum absolute atomic E-state index is 0.110. The first-order valence-electron chi connectivity index (χ1n) is 7.96. The van der Waals surface area contributed by atoms with Crippen molar-refractivity contribution in [1.82, 2.24) is 20.9 Å². The molecular weight excluding hydrogens is 282 g/mol. The standard InChI is InChI=1S/C15H25N5O2/c16-10-13(11-18-12-14-2-1-9-22-14)15(21)19-5-8-20-6-3-17-4-7-20/h11,14,17-18H,1-9,12H2,(H,19,21)/b13-11-. The van der Waals surface area contributed by atoms with Crippen LogP contribution < -0.4 is 16.0 Å². The molecular formula is C15H25N5O2. The Bertz CT molecular complexity index is 420. The number of nitrogens with one attached hydrogen (secondary N) is 3. The number of piperazine rings is 1. The van der Waals surface area contributed by atoms with E-state index < -0.39 is 0 Å². The number of nitrogens with zero attached hydrogens (tertiary/aromatic N) is 2. The molecule has 0 aromatic rings. The van der Waals surface area contributed by atoms with Crippen molar-refractivity contribution in [2.24, 2.45) is 0 Å². The maximum atomic E-state index is 11.9. The van der Waals surface area contributed by atoms with Crippen LogP contribution in [0.4, 0.5) is 0 Å². The summed E-state index contributed by atoms with van der Waals surface area (Å²) in [6.45, 7) is 6.79. The summed E-state index contributed by atoms with van der Waals surface area (Å²) in [6, 6.07) is 1.94. The number of carbonyl (C=O) groups is 1. The van der Waals surface area contributed by atoms with Crippen molar-refractivity contribution < 1.29 is 9.53 Å². The van der Waals surface area contributed by atoms with Crippen molar-refractivity contribution in [3.05, 3.63) is 11.8 Å². The van der Waals surface area contributed by atoms with Crippen molar-refractivity contribution in [2.75, 3.05) is 52.4 Å². The first-order valence-corrected chi connectivity index (χ1v) is 7.96. The van der Waals surface area contributed by atoms with Crippen molar-refractivity contribution in [3.8, 4) is 6.07 Å². The highest BCUT2D eigenvalue weighted by molar-refractivity contribution is 5.97. The minimum atomic E-state index is -0.322. The third-order valence-electron chi connectivity index (χ3n) is 3.90. The smallest absolute Gasteiger partial charge is 0.263 e. The lowest BCUT2D eigenvalue weighted by atomic mass is 10.2. The highest BCUT2D eigenvalue weighted by atomic mass is 16.5. The van der Waals surface area contributed by atoms with Gasteiger partial charge in [-0.3, -0.25) is 9.69 Å². The lowest BCUT2D eigenvalue weighted by Gasteiger charge is -2.27. The Kier molecular flexibility index (Phi) is 7.16. The number of hydrogen-bond acceptors (Lipinski definition) is 6. The van der Waals surface area contributed by atoms with Crippen LogP contribution in [0, 0.1) is 11.3 Å². The highest BCUT2D eigenvalue weighted by Crippen LogP contribution is 2.10. The summed E-state index contributed by atoms with van der Waals surface area (Å²) in [6.07, 6.45) is 3.78.